The van der Waals surface area contributed by atoms with E-state index >= 15 is 0 Å². The van der Waals surface area contributed by atoms with Crippen LogP contribution < -0.4 is 5.32 Å². The summed E-state index contributed by atoms with van der Waals surface area (Å²) in [4.78, 5) is 66.5. The Hall–Kier alpha value is -4.56. The minimum Gasteiger partial charge on any atom is -0.456 e. The number of nitro benzene ring substituents is 1. The number of amides is 2. The van der Waals surface area contributed by atoms with Crippen molar-refractivity contribution in [2.24, 2.45) is 0 Å². The van der Waals surface area contributed by atoms with Gasteiger partial charge in [-0.2, -0.15) is 5.06 Å². The lowest BCUT2D eigenvalue weighted by Crippen LogP contribution is -2.57. The fourth-order valence-corrected chi connectivity index (χ4v) is 3.81. The molecular formula is C24H23N3O11. The molecule has 2 heterocycles. The molecule has 4 rings (SSSR count). The highest BCUT2D eigenvalue weighted by Crippen LogP contribution is 2.36. The van der Waals surface area contributed by atoms with Crippen molar-refractivity contribution in [2.45, 2.75) is 37.5 Å². The molecule has 0 aliphatic carbocycles. The molecule has 0 aromatic heterocycles. The predicted molar refractivity (Wildman–Crippen MR) is 123 cm³/mol. The number of esters is 2. The first-order valence-corrected chi connectivity index (χ1v) is 11.3. The van der Waals surface area contributed by atoms with E-state index in [0.717, 1.165) is 5.56 Å². The quantitative estimate of drug-likeness (QED) is 0.215. The first-order chi connectivity index (χ1) is 18.2. The maximum atomic E-state index is 13.2. The van der Waals surface area contributed by atoms with E-state index < -0.39 is 53.2 Å². The number of rotatable bonds is 9. The van der Waals surface area contributed by atoms with Crippen molar-refractivity contribution in [3.05, 3.63) is 75.8 Å². The maximum Gasteiger partial charge on any atom is 0.408 e. The number of non-ortho nitro benzene ring substituents is 1. The van der Waals surface area contributed by atoms with Gasteiger partial charge in [0.2, 0.25) is 0 Å². The van der Waals surface area contributed by atoms with Gasteiger partial charge in [0.25, 0.3) is 11.6 Å². The Morgan fingerprint density at radius 1 is 1.08 bits per heavy atom. The highest BCUT2D eigenvalue weighted by molar-refractivity contribution is 5.95. The number of carbonyl (C=O) groups excluding carboxylic acids is 4. The van der Waals surface area contributed by atoms with E-state index in [1.165, 1.54) is 31.4 Å². The van der Waals surface area contributed by atoms with Gasteiger partial charge in [-0.3, -0.25) is 19.7 Å². The number of ether oxygens (including phenoxy) is 4. The van der Waals surface area contributed by atoms with Crippen molar-refractivity contribution < 1.29 is 47.9 Å². The molecule has 14 heteroatoms. The molecule has 2 aromatic rings. The first-order valence-electron chi connectivity index (χ1n) is 11.3. The van der Waals surface area contributed by atoms with E-state index in [1.807, 2.05) is 6.07 Å². The van der Waals surface area contributed by atoms with E-state index in [2.05, 4.69) is 5.32 Å². The zero-order valence-electron chi connectivity index (χ0n) is 20.1. The van der Waals surface area contributed by atoms with Crippen LogP contribution in [-0.4, -0.2) is 65.5 Å². The van der Waals surface area contributed by atoms with Crippen molar-refractivity contribution in [3.63, 3.8) is 0 Å². The third kappa shape index (κ3) is 5.55. The molecule has 0 bridgehead atoms. The monoisotopic (exact) mass is 529 g/mol. The van der Waals surface area contributed by atoms with Crippen LogP contribution in [0.5, 0.6) is 0 Å². The number of nitrogens with one attached hydrogen (secondary N) is 1. The summed E-state index contributed by atoms with van der Waals surface area (Å²) < 4.78 is 20.7. The Kier molecular flexibility index (Phi) is 7.83. The molecule has 1 N–H and O–H groups in total. The minimum absolute atomic E-state index is 0.0375. The lowest BCUT2D eigenvalue weighted by Gasteiger charge is -2.32. The molecule has 0 spiro atoms. The summed E-state index contributed by atoms with van der Waals surface area (Å²) in [6.07, 6.45) is -2.52. The van der Waals surface area contributed by atoms with Crippen LogP contribution in [0.15, 0.2) is 54.6 Å². The second-order valence-electron chi connectivity index (χ2n) is 8.32. The van der Waals surface area contributed by atoms with Crippen LogP contribution in [0.25, 0.3) is 0 Å². The van der Waals surface area contributed by atoms with Crippen LogP contribution in [0.1, 0.15) is 17.5 Å². The molecule has 3 atom stereocenters. The zero-order valence-corrected chi connectivity index (χ0v) is 20.1. The Morgan fingerprint density at radius 2 is 1.74 bits per heavy atom. The number of nitro groups is 1. The largest absolute Gasteiger partial charge is 0.456 e. The lowest BCUT2D eigenvalue weighted by molar-refractivity contribution is -0.384. The van der Waals surface area contributed by atoms with E-state index in [1.54, 1.807) is 24.3 Å². The van der Waals surface area contributed by atoms with Gasteiger partial charge in [0.15, 0.2) is 6.10 Å². The molecule has 2 aliphatic heterocycles. The van der Waals surface area contributed by atoms with Gasteiger partial charge < -0.3 is 24.3 Å². The molecule has 0 radical (unpaired) electrons. The predicted octanol–water partition coefficient (Wildman–Crippen LogP) is 1.36. The second kappa shape index (κ2) is 11.2. The standard InChI is InChI=1S/C24H23N3O11/c1-34-19-11-24(38-21(19)29,22(30)35-12-16-7-9-17(10-8-16)27(32)33)26-20(28)18(14-37-26)25-23(31)36-13-15-5-3-2-4-6-15/h2-10,18-19H,11-14H2,1H3,(H,25,31). The average Bonchev–Trinajstić information content (AvgIpc) is 3.46. The topological polar surface area (TPSA) is 173 Å². The van der Waals surface area contributed by atoms with Crippen LogP contribution in [0.3, 0.4) is 0 Å². The number of nitrogens with zero attached hydrogens (tertiary/aromatic N) is 2. The number of alkyl carbamates (subject to hydrolysis) is 1. The van der Waals surface area contributed by atoms with Crippen LogP contribution in [-0.2, 0) is 51.4 Å². The Morgan fingerprint density at radius 3 is 2.37 bits per heavy atom. The number of carbonyl (C=O) groups is 4. The number of hydrogen-bond donors (Lipinski definition) is 1. The van der Waals surface area contributed by atoms with Gasteiger partial charge in [-0.25, -0.2) is 14.4 Å². The third-order valence-electron chi connectivity index (χ3n) is 5.82. The molecular weight excluding hydrogens is 506 g/mol. The number of hydrogen-bond acceptors (Lipinski definition) is 11. The van der Waals surface area contributed by atoms with Crippen LogP contribution >= 0.6 is 0 Å². The molecule has 38 heavy (non-hydrogen) atoms. The molecule has 2 amide bonds. The molecule has 2 aliphatic rings. The van der Waals surface area contributed by atoms with Gasteiger partial charge >= 0.3 is 23.8 Å². The van der Waals surface area contributed by atoms with Gasteiger partial charge in [-0.1, -0.05) is 30.3 Å². The highest BCUT2D eigenvalue weighted by Gasteiger charge is 2.63. The number of cyclic esters (lactones) is 1. The molecule has 2 saturated heterocycles. The van der Waals surface area contributed by atoms with Crippen molar-refractivity contribution in [2.75, 3.05) is 13.7 Å². The summed E-state index contributed by atoms with van der Waals surface area (Å²) in [7, 11) is 1.23. The first kappa shape index (κ1) is 26.5. The fourth-order valence-electron chi connectivity index (χ4n) is 3.81. The van der Waals surface area contributed by atoms with E-state index in [0.29, 0.717) is 10.6 Å². The van der Waals surface area contributed by atoms with Gasteiger partial charge in [0.1, 0.15) is 25.9 Å². The molecule has 0 saturated carbocycles. The van der Waals surface area contributed by atoms with Gasteiger partial charge in [0.05, 0.1) is 11.3 Å². The number of benzene rings is 2. The smallest absolute Gasteiger partial charge is 0.408 e. The Labute approximate surface area is 215 Å². The summed E-state index contributed by atoms with van der Waals surface area (Å²) in [5.74, 6) is -2.93. The van der Waals surface area contributed by atoms with Crippen LogP contribution in [0, 0.1) is 10.1 Å². The van der Waals surface area contributed by atoms with Gasteiger partial charge in [-0.15, -0.1) is 0 Å². The molecule has 2 fully saturated rings. The van der Waals surface area contributed by atoms with Crippen molar-refractivity contribution in [1.82, 2.24) is 10.4 Å². The lowest BCUT2D eigenvalue weighted by atomic mass is 10.1. The highest BCUT2D eigenvalue weighted by atomic mass is 16.8. The second-order valence-corrected chi connectivity index (χ2v) is 8.32. The fraction of sp³-hybridized carbons (Fsp3) is 0.333. The number of hydroxylamine groups is 2. The normalized spacial score (nSPS) is 22.6. The molecule has 14 nitrogen and oxygen atoms in total. The molecule has 200 valence electrons. The van der Waals surface area contributed by atoms with Crippen molar-refractivity contribution >= 4 is 29.6 Å². The average molecular weight is 529 g/mol. The van der Waals surface area contributed by atoms with Crippen LogP contribution in [0.4, 0.5) is 10.5 Å². The van der Waals surface area contributed by atoms with Crippen molar-refractivity contribution in [3.8, 4) is 0 Å². The van der Waals surface area contributed by atoms with Crippen LogP contribution in [0.2, 0.25) is 0 Å². The summed E-state index contributed by atoms with van der Waals surface area (Å²) in [6, 6.07) is 12.9. The third-order valence-corrected chi connectivity index (χ3v) is 5.82. The zero-order chi connectivity index (χ0) is 27.3. The SMILES string of the molecule is COC1CC(C(=O)OCc2ccc([N+](=O)[O-])cc2)(N2OCC(NC(=O)OCc3ccccc3)C2=O)OC1=O. The molecule has 3 unspecified atom stereocenters. The van der Waals surface area contributed by atoms with Crippen molar-refractivity contribution in [1.29, 1.82) is 0 Å². The summed E-state index contributed by atoms with van der Waals surface area (Å²) in [5, 5.41) is 13.8. The van der Waals surface area contributed by atoms with E-state index in [-0.39, 0.29) is 25.5 Å². The Bertz CT molecular complexity index is 1220. The van der Waals surface area contributed by atoms with E-state index in [4.69, 9.17) is 23.8 Å². The summed E-state index contributed by atoms with van der Waals surface area (Å²) >= 11 is 0. The Balaban J connectivity index is 1.43. The molecule has 2 aromatic carbocycles. The maximum absolute atomic E-state index is 13.2. The number of methoxy groups -OCH3 is 1. The summed E-state index contributed by atoms with van der Waals surface area (Å²) in [6.45, 7) is -0.751. The van der Waals surface area contributed by atoms with Gasteiger partial charge in [0, 0.05) is 19.2 Å². The summed E-state index contributed by atoms with van der Waals surface area (Å²) in [5.41, 5.74) is -1.33. The van der Waals surface area contributed by atoms with E-state index in [9.17, 15) is 29.3 Å². The minimum atomic E-state index is -2.32. The van der Waals surface area contributed by atoms with Gasteiger partial charge in [-0.05, 0) is 23.3 Å².